The minimum absolute atomic E-state index is 0.154. The van der Waals surface area contributed by atoms with Gasteiger partial charge in [0, 0.05) is 3.57 Å². The highest BCUT2D eigenvalue weighted by Gasteiger charge is 2.26. The van der Waals surface area contributed by atoms with E-state index in [4.69, 9.17) is 13.9 Å². The second kappa shape index (κ2) is 8.85. The Morgan fingerprint density at radius 2 is 1.90 bits per heavy atom. The Hall–Kier alpha value is -1.91. The van der Waals surface area contributed by atoms with Gasteiger partial charge in [-0.05, 0) is 108 Å². The molecule has 29 heavy (non-hydrogen) atoms. The summed E-state index contributed by atoms with van der Waals surface area (Å²) in [5.41, 5.74) is 2.04. The van der Waals surface area contributed by atoms with Gasteiger partial charge in [0.05, 0.1) is 15.2 Å². The summed E-state index contributed by atoms with van der Waals surface area (Å²) in [6.45, 7) is 0.442. The number of halogens is 3. The Morgan fingerprint density at radius 1 is 1.10 bits per heavy atom. The van der Waals surface area contributed by atoms with Crippen molar-refractivity contribution in [2.24, 2.45) is 4.99 Å². The van der Waals surface area contributed by atoms with E-state index in [9.17, 15) is 4.79 Å². The fourth-order valence-corrected chi connectivity index (χ4v) is 4.71. The van der Waals surface area contributed by atoms with Crippen molar-refractivity contribution in [3.05, 3.63) is 89.9 Å². The average molecular weight is 629 g/mol. The Labute approximate surface area is 197 Å². The maximum absolute atomic E-state index is 12.1. The summed E-state index contributed by atoms with van der Waals surface area (Å²) in [4.78, 5) is 16.3. The summed E-state index contributed by atoms with van der Waals surface area (Å²) in [7, 11) is 0. The first-order valence-corrected chi connectivity index (χ1v) is 11.1. The van der Waals surface area contributed by atoms with Crippen LogP contribution in [0, 0.1) is 3.57 Å². The fourth-order valence-electron chi connectivity index (χ4n) is 2.66. The van der Waals surface area contributed by atoms with Crippen LogP contribution in [0.3, 0.4) is 0 Å². The molecule has 1 aliphatic heterocycles. The molecular weight excluding hydrogens is 617 g/mol. The van der Waals surface area contributed by atoms with Gasteiger partial charge in [0.25, 0.3) is 5.90 Å². The minimum atomic E-state index is -0.525. The molecule has 8 heteroatoms. The monoisotopic (exact) mass is 627 g/mol. The van der Waals surface area contributed by atoms with Gasteiger partial charge in [0.1, 0.15) is 12.4 Å². The van der Waals surface area contributed by atoms with Gasteiger partial charge in [-0.15, -0.1) is 0 Å². The Balaban J connectivity index is 1.55. The summed E-state index contributed by atoms with van der Waals surface area (Å²) < 4.78 is 19.0. The number of nitrogens with zero attached hydrogens (tertiary/aromatic N) is 1. The van der Waals surface area contributed by atoms with Crippen LogP contribution in [0.2, 0.25) is 0 Å². The minimum Gasteiger partial charge on any atom is -0.487 e. The maximum Gasteiger partial charge on any atom is 0.363 e. The quantitative estimate of drug-likeness (QED) is 0.188. The van der Waals surface area contributed by atoms with Crippen LogP contribution in [0.25, 0.3) is 6.08 Å². The molecule has 3 aromatic rings. The summed E-state index contributed by atoms with van der Waals surface area (Å²) in [6, 6.07) is 15.2. The third-order valence-corrected chi connectivity index (χ3v) is 5.80. The van der Waals surface area contributed by atoms with Crippen molar-refractivity contribution in [2.75, 3.05) is 0 Å². The van der Waals surface area contributed by atoms with E-state index in [0.717, 1.165) is 23.6 Å². The number of carbonyl (C=O) groups excluding carboxylic acids is 1. The van der Waals surface area contributed by atoms with Crippen LogP contribution >= 0.6 is 54.5 Å². The van der Waals surface area contributed by atoms with Gasteiger partial charge in [-0.25, -0.2) is 9.79 Å². The van der Waals surface area contributed by atoms with Gasteiger partial charge in [-0.2, -0.15) is 0 Å². The smallest absolute Gasteiger partial charge is 0.363 e. The number of furan rings is 1. The molecular formula is C21H12Br2INO4. The lowest BCUT2D eigenvalue weighted by Gasteiger charge is -2.12. The molecule has 0 atom stereocenters. The van der Waals surface area contributed by atoms with Gasteiger partial charge >= 0.3 is 5.97 Å². The van der Waals surface area contributed by atoms with E-state index in [0.29, 0.717) is 18.1 Å². The number of carbonyl (C=O) groups is 1. The molecule has 0 amide bonds. The second-order valence-electron chi connectivity index (χ2n) is 6.05. The molecule has 4 rings (SSSR count). The third kappa shape index (κ3) is 4.81. The highest BCUT2D eigenvalue weighted by molar-refractivity contribution is 14.1. The molecule has 0 unspecified atom stereocenters. The fraction of sp³-hybridized carbons (Fsp3) is 0.0476. The summed E-state index contributed by atoms with van der Waals surface area (Å²) in [6.07, 6.45) is 3.15. The molecule has 2 aromatic carbocycles. The van der Waals surface area contributed by atoms with Crippen LogP contribution in [0.1, 0.15) is 16.9 Å². The van der Waals surface area contributed by atoms with Gasteiger partial charge in [-0.1, -0.05) is 12.1 Å². The first-order chi connectivity index (χ1) is 14.0. The molecule has 146 valence electrons. The molecule has 0 spiro atoms. The molecule has 0 N–H and O–H groups in total. The lowest BCUT2D eigenvalue weighted by atomic mass is 10.2. The van der Waals surface area contributed by atoms with E-state index in [1.165, 1.54) is 6.26 Å². The molecule has 0 bridgehead atoms. The van der Waals surface area contributed by atoms with Crippen LogP contribution < -0.4 is 4.74 Å². The highest BCUT2D eigenvalue weighted by atomic mass is 127. The number of rotatable bonds is 5. The third-order valence-electron chi connectivity index (χ3n) is 3.95. The molecule has 2 heterocycles. The molecule has 0 radical (unpaired) electrons. The van der Waals surface area contributed by atoms with E-state index in [1.54, 1.807) is 18.2 Å². The van der Waals surface area contributed by atoms with Crippen molar-refractivity contribution >= 4 is 72.4 Å². The molecule has 0 aliphatic carbocycles. The van der Waals surface area contributed by atoms with Gasteiger partial charge in [0.2, 0.25) is 0 Å². The van der Waals surface area contributed by atoms with E-state index >= 15 is 0 Å². The average Bonchev–Trinajstić information content (AvgIpc) is 3.32. The van der Waals surface area contributed by atoms with Crippen molar-refractivity contribution in [2.45, 2.75) is 6.61 Å². The Kier molecular flexibility index (Phi) is 6.21. The molecule has 1 aromatic heterocycles. The standard InChI is InChI=1S/C21H12Br2INO4/c22-15-8-13(10-17-21(26)29-20(25-17)18-5-2-6-27-18)9-16(23)19(15)28-11-12-3-1-4-14(24)7-12/h1-10H,11H2/b17-10-. The first-order valence-electron chi connectivity index (χ1n) is 8.42. The van der Waals surface area contributed by atoms with Crippen molar-refractivity contribution < 1.29 is 18.7 Å². The largest absolute Gasteiger partial charge is 0.487 e. The maximum atomic E-state index is 12.1. The number of ether oxygens (including phenoxy) is 2. The number of aliphatic imine (C=N–C) groups is 1. The lowest BCUT2D eigenvalue weighted by Crippen LogP contribution is -2.04. The van der Waals surface area contributed by atoms with Crippen LogP contribution in [0.5, 0.6) is 5.75 Å². The summed E-state index contributed by atoms with van der Waals surface area (Å²) in [5, 5.41) is 0. The van der Waals surface area contributed by atoms with Crippen molar-refractivity contribution in [3.8, 4) is 5.75 Å². The highest BCUT2D eigenvalue weighted by Crippen LogP contribution is 2.36. The van der Waals surface area contributed by atoms with Crippen LogP contribution in [-0.4, -0.2) is 11.9 Å². The topological polar surface area (TPSA) is 61.0 Å². The van der Waals surface area contributed by atoms with Crippen LogP contribution in [0.15, 0.2) is 78.8 Å². The van der Waals surface area contributed by atoms with Crippen LogP contribution in [0.4, 0.5) is 0 Å². The van der Waals surface area contributed by atoms with Crippen molar-refractivity contribution in [3.63, 3.8) is 0 Å². The van der Waals surface area contributed by atoms with Crippen molar-refractivity contribution in [1.82, 2.24) is 0 Å². The zero-order valence-electron chi connectivity index (χ0n) is 14.7. The Morgan fingerprint density at radius 3 is 2.59 bits per heavy atom. The first kappa shape index (κ1) is 20.4. The zero-order valence-corrected chi connectivity index (χ0v) is 20.0. The summed E-state index contributed by atoms with van der Waals surface area (Å²) in [5.74, 6) is 0.715. The predicted octanol–water partition coefficient (Wildman–Crippen LogP) is 6.33. The molecule has 0 saturated carbocycles. The molecule has 1 aliphatic rings. The van der Waals surface area contributed by atoms with Gasteiger partial charge in [-0.3, -0.25) is 0 Å². The van der Waals surface area contributed by atoms with E-state index in [1.807, 2.05) is 30.3 Å². The van der Waals surface area contributed by atoms with E-state index in [-0.39, 0.29) is 11.6 Å². The zero-order chi connectivity index (χ0) is 20.4. The Bertz CT molecular complexity index is 1120. The molecule has 5 nitrogen and oxygen atoms in total. The predicted molar refractivity (Wildman–Crippen MR) is 125 cm³/mol. The number of hydrogen-bond donors (Lipinski definition) is 0. The van der Waals surface area contributed by atoms with E-state index in [2.05, 4.69) is 65.5 Å². The number of benzene rings is 2. The number of esters is 1. The number of hydrogen-bond acceptors (Lipinski definition) is 5. The molecule has 0 saturated heterocycles. The lowest BCUT2D eigenvalue weighted by molar-refractivity contribution is -0.130. The normalized spacial score (nSPS) is 14.8. The second-order valence-corrected chi connectivity index (χ2v) is 9.00. The molecule has 0 fully saturated rings. The summed E-state index contributed by atoms with van der Waals surface area (Å²) >= 11 is 9.35. The van der Waals surface area contributed by atoms with Gasteiger partial charge in [0.15, 0.2) is 11.5 Å². The van der Waals surface area contributed by atoms with E-state index < -0.39 is 5.97 Å². The van der Waals surface area contributed by atoms with Crippen molar-refractivity contribution in [1.29, 1.82) is 0 Å². The van der Waals surface area contributed by atoms with Gasteiger partial charge < -0.3 is 13.9 Å². The van der Waals surface area contributed by atoms with Crippen LogP contribution in [-0.2, 0) is 16.1 Å². The SMILES string of the molecule is O=C1OC(c2ccco2)=N/C1=C\c1cc(Br)c(OCc2cccc(I)c2)c(Br)c1. The number of cyclic esters (lactones) is 1.